The molecule has 1 fully saturated rings. The molecular weight excluding hydrogens is 510 g/mol. The van der Waals surface area contributed by atoms with Crippen molar-refractivity contribution in [3.05, 3.63) is 134 Å². The highest BCUT2D eigenvalue weighted by molar-refractivity contribution is 8.19. The van der Waals surface area contributed by atoms with E-state index in [0.717, 1.165) is 33.6 Å². The number of nitro benzene ring substituents is 1. The van der Waals surface area contributed by atoms with Crippen molar-refractivity contribution < 1.29 is 14.5 Å². The molecule has 39 heavy (non-hydrogen) atoms. The van der Waals surface area contributed by atoms with E-state index in [1.807, 2.05) is 92.7 Å². The molecule has 0 radical (unpaired) electrons. The number of ether oxygens (including phenoxy) is 1. The van der Waals surface area contributed by atoms with E-state index in [2.05, 4.69) is 0 Å². The number of nitro groups is 1. The Morgan fingerprint density at radius 3 is 2.21 bits per heavy atom. The Morgan fingerprint density at radius 2 is 1.54 bits per heavy atom. The van der Waals surface area contributed by atoms with Crippen LogP contribution >= 0.6 is 11.8 Å². The van der Waals surface area contributed by atoms with Gasteiger partial charge in [-0.2, -0.15) is 0 Å². The number of benzene rings is 4. The van der Waals surface area contributed by atoms with Crippen molar-refractivity contribution in [3.8, 4) is 5.75 Å². The van der Waals surface area contributed by atoms with E-state index in [-0.39, 0.29) is 18.2 Å². The first-order valence-electron chi connectivity index (χ1n) is 12.3. The molecule has 1 aliphatic heterocycles. The van der Waals surface area contributed by atoms with E-state index in [0.29, 0.717) is 15.8 Å². The second-order valence-electron chi connectivity index (χ2n) is 9.07. The van der Waals surface area contributed by atoms with Gasteiger partial charge in [0.05, 0.1) is 21.2 Å². The molecule has 0 unspecified atom stereocenters. The second-order valence-corrected chi connectivity index (χ2v) is 10.1. The fraction of sp³-hybridized carbons (Fsp3) is 0.0968. The van der Waals surface area contributed by atoms with Crippen LogP contribution in [0.2, 0.25) is 0 Å². The van der Waals surface area contributed by atoms with Crippen LogP contribution in [0.4, 0.5) is 17.1 Å². The number of aryl methyl sites for hydroxylation is 2. The first-order valence-corrected chi connectivity index (χ1v) is 13.1. The summed E-state index contributed by atoms with van der Waals surface area (Å²) in [5.74, 6) is 0.433. The number of nitrogens with zero attached hydrogens (tertiary/aromatic N) is 3. The molecule has 0 bridgehead atoms. The summed E-state index contributed by atoms with van der Waals surface area (Å²) in [7, 11) is 0. The van der Waals surface area contributed by atoms with Gasteiger partial charge in [-0.05, 0) is 79.7 Å². The van der Waals surface area contributed by atoms with Crippen LogP contribution < -0.4 is 9.64 Å². The third-order valence-electron chi connectivity index (χ3n) is 6.10. The lowest BCUT2D eigenvalue weighted by Crippen LogP contribution is -2.28. The summed E-state index contributed by atoms with van der Waals surface area (Å²) in [6.07, 6.45) is 1.82. The van der Waals surface area contributed by atoms with Gasteiger partial charge >= 0.3 is 0 Å². The van der Waals surface area contributed by atoms with Crippen molar-refractivity contribution in [2.45, 2.75) is 20.5 Å². The van der Waals surface area contributed by atoms with Crippen molar-refractivity contribution in [2.75, 3.05) is 4.90 Å². The standard InChI is InChI=1S/C31H25N3O4S/c1-21-7-13-25(14-8-21)32-31-33(26-15-9-22(2)10-16-26)30(35)29(39-31)19-24-5-3-4-6-28(24)38-20-23-11-17-27(18-12-23)34(36)37/h3-19H,20H2,1-2H3/b29-19+,32-31?. The van der Waals surface area contributed by atoms with Gasteiger partial charge in [0.2, 0.25) is 0 Å². The molecular formula is C31H25N3O4S. The summed E-state index contributed by atoms with van der Waals surface area (Å²) in [6.45, 7) is 4.25. The molecule has 0 aromatic heterocycles. The van der Waals surface area contributed by atoms with E-state index in [4.69, 9.17) is 9.73 Å². The highest BCUT2D eigenvalue weighted by atomic mass is 32.2. The van der Waals surface area contributed by atoms with Crippen LogP contribution in [0.15, 0.2) is 107 Å². The molecule has 5 rings (SSSR count). The molecule has 4 aromatic carbocycles. The average molecular weight is 536 g/mol. The third-order valence-corrected chi connectivity index (χ3v) is 7.07. The van der Waals surface area contributed by atoms with Gasteiger partial charge < -0.3 is 4.74 Å². The Labute approximate surface area is 230 Å². The van der Waals surface area contributed by atoms with Crippen LogP contribution in [0.3, 0.4) is 0 Å². The molecule has 194 valence electrons. The summed E-state index contributed by atoms with van der Waals surface area (Å²) >= 11 is 1.32. The van der Waals surface area contributed by atoms with Crippen LogP contribution in [0, 0.1) is 24.0 Å². The molecule has 0 N–H and O–H groups in total. The van der Waals surface area contributed by atoms with Crippen molar-refractivity contribution >= 4 is 46.0 Å². The SMILES string of the molecule is Cc1ccc(N=C2S/C(=C/c3ccccc3OCc3ccc([N+](=O)[O-])cc3)C(=O)N2c2ccc(C)cc2)cc1. The lowest BCUT2D eigenvalue weighted by Gasteiger charge is -2.16. The smallest absolute Gasteiger partial charge is 0.271 e. The summed E-state index contributed by atoms with van der Waals surface area (Å²) < 4.78 is 6.05. The molecule has 1 aliphatic rings. The number of hydrogen-bond donors (Lipinski definition) is 0. The van der Waals surface area contributed by atoms with E-state index >= 15 is 0 Å². The van der Waals surface area contributed by atoms with Crippen LogP contribution in [0.25, 0.3) is 6.08 Å². The van der Waals surface area contributed by atoms with Crippen LogP contribution in [0.5, 0.6) is 5.75 Å². The minimum Gasteiger partial charge on any atom is -0.488 e. The molecule has 0 atom stereocenters. The van der Waals surface area contributed by atoms with Gasteiger partial charge in [0.1, 0.15) is 12.4 Å². The Kier molecular flexibility index (Phi) is 7.56. The van der Waals surface area contributed by atoms with Crippen LogP contribution in [-0.4, -0.2) is 16.0 Å². The molecule has 0 spiro atoms. The van der Waals surface area contributed by atoms with Gasteiger partial charge in [-0.25, -0.2) is 4.99 Å². The first kappa shape index (κ1) is 25.9. The zero-order valence-corrected chi connectivity index (χ0v) is 22.2. The monoisotopic (exact) mass is 535 g/mol. The van der Waals surface area contributed by atoms with Crippen LogP contribution in [-0.2, 0) is 11.4 Å². The summed E-state index contributed by atoms with van der Waals surface area (Å²) in [5.41, 5.74) is 5.32. The van der Waals surface area contributed by atoms with Crippen LogP contribution in [0.1, 0.15) is 22.3 Å². The Hall–Kier alpha value is -4.69. The van der Waals surface area contributed by atoms with Gasteiger partial charge in [0.25, 0.3) is 11.6 Å². The average Bonchev–Trinajstić information content (AvgIpc) is 3.24. The third kappa shape index (κ3) is 6.08. The number of amidine groups is 1. The molecule has 0 aliphatic carbocycles. The fourth-order valence-electron chi connectivity index (χ4n) is 3.95. The maximum atomic E-state index is 13.7. The largest absolute Gasteiger partial charge is 0.488 e. The quantitative estimate of drug-likeness (QED) is 0.138. The number of anilines is 1. The predicted molar refractivity (Wildman–Crippen MR) is 156 cm³/mol. The Bertz CT molecular complexity index is 1580. The molecule has 0 saturated carbocycles. The number of hydrogen-bond acceptors (Lipinski definition) is 6. The topological polar surface area (TPSA) is 85.0 Å². The van der Waals surface area contributed by atoms with Gasteiger partial charge in [0, 0.05) is 17.7 Å². The van der Waals surface area contributed by atoms with Crippen molar-refractivity contribution in [2.24, 2.45) is 4.99 Å². The van der Waals surface area contributed by atoms with Crippen molar-refractivity contribution in [1.82, 2.24) is 0 Å². The Morgan fingerprint density at radius 1 is 0.897 bits per heavy atom. The minimum atomic E-state index is -0.432. The molecule has 7 nitrogen and oxygen atoms in total. The van der Waals surface area contributed by atoms with Crippen molar-refractivity contribution in [3.63, 3.8) is 0 Å². The number of carbonyl (C=O) groups excluding carboxylic acids is 1. The van der Waals surface area contributed by atoms with E-state index in [1.54, 1.807) is 17.0 Å². The van der Waals surface area contributed by atoms with Crippen molar-refractivity contribution in [1.29, 1.82) is 0 Å². The highest BCUT2D eigenvalue weighted by Crippen LogP contribution is 2.38. The molecule has 8 heteroatoms. The lowest BCUT2D eigenvalue weighted by molar-refractivity contribution is -0.384. The molecule has 1 saturated heterocycles. The number of amides is 1. The normalized spacial score (nSPS) is 15.2. The molecule has 1 heterocycles. The minimum absolute atomic E-state index is 0.0295. The highest BCUT2D eigenvalue weighted by Gasteiger charge is 2.35. The zero-order chi connectivity index (χ0) is 27.4. The van der Waals surface area contributed by atoms with Gasteiger partial charge in [0.15, 0.2) is 5.17 Å². The van der Waals surface area contributed by atoms with Gasteiger partial charge in [-0.15, -0.1) is 0 Å². The number of rotatable bonds is 7. The lowest BCUT2D eigenvalue weighted by atomic mass is 10.1. The summed E-state index contributed by atoms with van der Waals surface area (Å²) in [4.78, 5) is 31.1. The second kappa shape index (κ2) is 11.4. The predicted octanol–water partition coefficient (Wildman–Crippen LogP) is 7.60. The number of thioether (sulfide) groups is 1. The molecule has 4 aromatic rings. The van der Waals surface area contributed by atoms with Gasteiger partial charge in [-0.3, -0.25) is 19.8 Å². The van der Waals surface area contributed by atoms with E-state index < -0.39 is 4.92 Å². The number of non-ortho nitro benzene ring substituents is 1. The summed E-state index contributed by atoms with van der Waals surface area (Å²) in [6, 6.07) is 29.3. The molecule has 1 amide bonds. The Balaban J connectivity index is 1.44. The maximum absolute atomic E-state index is 13.7. The number of para-hydroxylation sites is 1. The van der Waals surface area contributed by atoms with Gasteiger partial charge in [-0.1, -0.05) is 53.6 Å². The van der Waals surface area contributed by atoms with E-state index in [1.165, 1.54) is 23.9 Å². The first-order chi connectivity index (χ1) is 18.9. The summed E-state index contributed by atoms with van der Waals surface area (Å²) in [5, 5.41) is 11.5. The maximum Gasteiger partial charge on any atom is 0.271 e. The number of aliphatic imine (C=N–C) groups is 1. The van der Waals surface area contributed by atoms with E-state index in [9.17, 15) is 14.9 Å². The number of carbonyl (C=O) groups is 1. The zero-order valence-electron chi connectivity index (χ0n) is 21.4. The fourth-order valence-corrected chi connectivity index (χ4v) is 4.94.